The topological polar surface area (TPSA) is 52.6 Å². The van der Waals surface area contributed by atoms with E-state index in [0.717, 1.165) is 42.7 Å². The second-order valence-electron chi connectivity index (χ2n) is 6.11. The van der Waals surface area contributed by atoms with E-state index < -0.39 is 9.84 Å². The third kappa shape index (κ3) is 2.86. The van der Waals surface area contributed by atoms with Gasteiger partial charge in [-0.15, -0.1) is 0 Å². The van der Waals surface area contributed by atoms with Crippen LogP contribution >= 0.6 is 0 Å². The van der Waals surface area contributed by atoms with Crippen LogP contribution in [0.15, 0.2) is 29.8 Å². The van der Waals surface area contributed by atoms with Gasteiger partial charge in [-0.05, 0) is 43.4 Å². The zero-order chi connectivity index (χ0) is 15.7. The Kier molecular flexibility index (Phi) is 4.17. The Balaban J connectivity index is 1.86. The van der Waals surface area contributed by atoms with Crippen LogP contribution in [0.5, 0.6) is 11.5 Å². The lowest BCUT2D eigenvalue weighted by atomic mass is 9.93. The summed E-state index contributed by atoms with van der Waals surface area (Å²) in [6.45, 7) is 0. The van der Waals surface area contributed by atoms with Crippen molar-refractivity contribution in [3.05, 3.63) is 35.4 Å². The van der Waals surface area contributed by atoms with E-state index in [2.05, 4.69) is 0 Å². The molecule has 2 heterocycles. The van der Waals surface area contributed by atoms with Gasteiger partial charge in [0.2, 0.25) is 0 Å². The van der Waals surface area contributed by atoms with Gasteiger partial charge in [0.05, 0.1) is 24.7 Å². The van der Waals surface area contributed by atoms with E-state index in [-0.39, 0.29) is 10.5 Å². The molecule has 2 aliphatic rings. The fraction of sp³-hybridized carbons (Fsp3) is 0.529. The number of methoxy groups -OCH3 is 2. The van der Waals surface area contributed by atoms with Gasteiger partial charge in [-0.25, -0.2) is 8.42 Å². The van der Waals surface area contributed by atoms with E-state index in [1.165, 1.54) is 5.57 Å². The van der Waals surface area contributed by atoms with Gasteiger partial charge < -0.3 is 9.47 Å². The van der Waals surface area contributed by atoms with Crippen LogP contribution in [0.4, 0.5) is 0 Å². The summed E-state index contributed by atoms with van der Waals surface area (Å²) in [7, 11) is 0.327. The molecule has 0 amide bonds. The Labute approximate surface area is 132 Å². The van der Waals surface area contributed by atoms with E-state index in [1.54, 1.807) is 14.2 Å². The van der Waals surface area contributed by atoms with Crippen LogP contribution in [-0.4, -0.2) is 33.1 Å². The second-order valence-corrected chi connectivity index (χ2v) is 8.56. The number of fused-ring (bicyclic) bond motifs is 2. The molecule has 4 nitrogen and oxygen atoms in total. The van der Waals surface area contributed by atoms with Crippen LogP contribution in [0.1, 0.15) is 31.2 Å². The molecule has 3 rings (SSSR count). The van der Waals surface area contributed by atoms with Crippen molar-refractivity contribution in [3.8, 4) is 11.5 Å². The lowest BCUT2D eigenvalue weighted by Crippen LogP contribution is -2.39. The first-order chi connectivity index (χ1) is 10.5. The van der Waals surface area contributed by atoms with Gasteiger partial charge in [0.25, 0.3) is 0 Å². The first kappa shape index (κ1) is 15.4. The number of hydrogen-bond acceptors (Lipinski definition) is 4. The molecule has 0 aromatic heterocycles. The number of hydrogen-bond donors (Lipinski definition) is 0. The van der Waals surface area contributed by atoms with E-state index in [4.69, 9.17) is 9.47 Å². The maximum atomic E-state index is 12.3. The quantitative estimate of drug-likeness (QED) is 0.800. The Morgan fingerprint density at radius 1 is 1.09 bits per heavy atom. The molecular formula is C17H22O4S. The van der Waals surface area contributed by atoms with Crippen molar-refractivity contribution in [2.75, 3.05) is 14.2 Å². The highest BCUT2D eigenvalue weighted by Gasteiger charge is 2.40. The fourth-order valence-corrected chi connectivity index (χ4v) is 5.82. The van der Waals surface area contributed by atoms with Crippen molar-refractivity contribution >= 4 is 9.84 Å². The Bertz CT molecular complexity index is 668. The average molecular weight is 322 g/mol. The normalized spacial score (nSPS) is 26.2. The van der Waals surface area contributed by atoms with Crippen LogP contribution in [0, 0.1) is 0 Å². The van der Waals surface area contributed by atoms with Crippen molar-refractivity contribution in [1.29, 1.82) is 0 Å². The van der Waals surface area contributed by atoms with E-state index in [1.807, 2.05) is 24.3 Å². The van der Waals surface area contributed by atoms with Gasteiger partial charge in [-0.2, -0.15) is 0 Å². The van der Waals surface area contributed by atoms with Gasteiger partial charge in [0, 0.05) is 6.07 Å². The SMILES string of the molecule is COc1cc(CC2=CC3CCCC(C2)S3(=O)=O)cc(OC)c1. The monoisotopic (exact) mass is 322 g/mol. The van der Waals surface area contributed by atoms with Crippen molar-refractivity contribution in [2.45, 2.75) is 42.6 Å². The Morgan fingerprint density at radius 2 is 1.77 bits per heavy atom. The summed E-state index contributed by atoms with van der Waals surface area (Å²) < 4.78 is 35.2. The summed E-state index contributed by atoms with van der Waals surface area (Å²) in [6.07, 6.45) is 6.00. The molecule has 0 spiro atoms. The van der Waals surface area contributed by atoms with Gasteiger partial charge in [0.1, 0.15) is 11.5 Å². The van der Waals surface area contributed by atoms with Crippen LogP contribution in [0.2, 0.25) is 0 Å². The van der Waals surface area contributed by atoms with Crippen molar-refractivity contribution in [1.82, 2.24) is 0 Å². The molecule has 0 radical (unpaired) electrons. The second kappa shape index (κ2) is 5.95. The summed E-state index contributed by atoms with van der Waals surface area (Å²) in [5.74, 6) is 1.53. The molecule has 2 atom stereocenters. The van der Waals surface area contributed by atoms with Gasteiger partial charge >= 0.3 is 0 Å². The van der Waals surface area contributed by atoms with Crippen LogP contribution in [0.3, 0.4) is 0 Å². The zero-order valence-corrected chi connectivity index (χ0v) is 13.9. The zero-order valence-electron chi connectivity index (χ0n) is 13.0. The number of ether oxygens (including phenoxy) is 2. The molecule has 1 saturated heterocycles. The minimum atomic E-state index is -2.94. The van der Waals surface area contributed by atoms with Crippen LogP contribution < -0.4 is 9.47 Å². The summed E-state index contributed by atoms with van der Waals surface area (Å²) in [4.78, 5) is 0. The maximum absolute atomic E-state index is 12.3. The first-order valence-corrected chi connectivity index (χ1v) is 9.28. The van der Waals surface area contributed by atoms with Gasteiger partial charge in [0.15, 0.2) is 9.84 Å². The fourth-order valence-electron chi connectivity index (χ4n) is 3.50. The lowest BCUT2D eigenvalue weighted by molar-refractivity contribution is 0.393. The molecule has 2 unspecified atom stereocenters. The summed E-state index contributed by atoms with van der Waals surface area (Å²) in [6, 6.07) is 5.82. The molecule has 1 aromatic carbocycles. The molecule has 2 bridgehead atoms. The average Bonchev–Trinajstić information content (AvgIpc) is 2.47. The third-order valence-corrected chi connectivity index (χ3v) is 7.20. The first-order valence-electron chi connectivity index (χ1n) is 7.67. The standard InChI is InChI=1S/C17H22O4S/c1-20-14-7-12(8-15(11-14)21-2)6-13-9-16-4-3-5-17(10-13)22(16,18)19/h7-9,11,16-17H,3-6,10H2,1-2H3. The highest BCUT2D eigenvalue weighted by atomic mass is 32.2. The highest BCUT2D eigenvalue weighted by molar-refractivity contribution is 7.92. The molecule has 0 saturated carbocycles. The summed E-state index contributed by atoms with van der Waals surface area (Å²) in [5, 5.41) is -0.457. The van der Waals surface area contributed by atoms with Crippen molar-refractivity contribution in [3.63, 3.8) is 0 Å². The molecule has 0 aliphatic carbocycles. The molecule has 1 fully saturated rings. The maximum Gasteiger partial charge on any atom is 0.159 e. The van der Waals surface area contributed by atoms with Crippen LogP contribution in [-0.2, 0) is 16.3 Å². The van der Waals surface area contributed by atoms with Crippen molar-refractivity contribution < 1.29 is 17.9 Å². The number of sulfone groups is 1. The van der Waals surface area contributed by atoms with Crippen molar-refractivity contribution in [2.24, 2.45) is 0 Å². The predicted molar refractivity (Wildman–Crippen MR) is 86.3 cm³/mol. The Morgan fingerprint density at radius 3 is 2.36 bits per heavy atom. The molecule has 5 heteroatoms. The molecule has 22 heavy (non-hydrogen) atoms. The number of rotatable bonds is 4. The number of benzene rings is 1. The Hall–Kier alpha value is -1.49. The largest absolute Gasteiger partial charge is 0.497 e. The molecular weight excluding hydrogens is 300 g/mol. The molecule has 2 aliphatic heterocycles. The van der Waals surface area contributed by atoms with Gasteiger partial charge in [-0.1, -0.05) is 18.1 Å². The number of allylic oxidation sites excluding steroid dienone is 1. The van der Waals surface area contributed by atoms with E-state index in [0.29, 0.717) is 6.42 Å². The van der Waals surface area contributed by atoms with Gasteiger partial charge in [-0.3, -0.25) is 0 Å². The van der Waals surface area contributed by atoms with E-state index >= 15 is 0 Å². The molecule has 1 aromatic rings. The smallest absolute Gasteiger partial charge is 0.159 e. The van der Waals surface area contributed by atoms with E-state index in [9.17, 15) is 8.42 Å². The summed E-state index contributed by atoms with van der Waals surface area (Å²) in [5.41, 5.74) is 2.32. The van der Waals surface area contributed by atoms with Crippen LogP contribution in [0.25, 0.3) is 0 Å². The minimum Gasteiger partial charge on any atom is -0.497 e. The molecule has 120 valence electrons. The summed E-state index contributed by atoms with van der Waals surface area (Å²) >= 11 is 0. The minimum absolute atomic E-state index is 0.182. The lowest BCUT2D eigenvalue weighted by Gasteiger charge is -2.33. The third-order valence-electron chi connectivity index (χ3n) is 4.66. The predicted octanol–water partition coefficient (Wildman–Crippen LogP) is 2.91. The molecule has 0 N–H and O–H groups in total. The highest BCUT2D eigenvalue weighted by Crippen LogP contribution is 2.37.